The third kappa shape index (κ3) is 5.34. The van der Waals surface area contributed by atoms with E-state index in [2.05, 4.69) is 182 Å². The Balaban J connectivity index is 1.03. The molecule has 0 fully saturated rings. The fourth-order valence-corrected chi connectivity index (χ4v) is 8.61. The minimum Gasteiger partial charge on any atom is -0.228 e. The van der Waals surface area contributed by atoms with Crippen molar-refractivity contribution in [3.63, 3.8) is 0 Å². The highest BCUT2D eigenvalue weighted by atomic mass is 14.9. The van der Waals surface area contributed by atoms with E-state index in [0.717, 1.165) is 33.6 Å². The number of rotatable bonds is 6. The number of hydrogen-bond acceptors (Lipinski definition) is 2. The summed E-state index contributed by atoms with van der Waals surface area (Å²) in [7, 11) is 0. The molecule has 260 valence electrons. The van der Waals surface area contributed by atoms with Crippen molar-refractivity contribution >= 4 is 21.5 Å². The summed E-state index contributed by atoms with van der Waals surface area (Å²) in [5.74, 6) is 0.715. The van der Waals surface area contributed by atoms with Gasteiger partial charge in [-0.05, 0) is 89.3 Å². The zero-order valence-corrected chi connectivity index (χ0v) is 30.5. The van der Waals surface area contributed by atoms with E-state index in [1.54, 1.807) is 0 Å². The molecule has 0 saturated carbocycles. The van der Waals surface area contributed by atoms with Gasteiger partial charge in [0.25, 0.3) is 0 Å². The summed E-state index contributed by atoms with van der Waals surface area (Å²) < 4.78 is 0. The van der Waals surface area contributed by atoms with Crippen molar-refractivity contribution in [2.45, 2.75) is 0 Å². The molecule has 0 bridgehead atoms. The maximum Gasteiger partial charge on any atom is 0.160 e. The van der Waals surface area contributed by atoms with Crippen molar-refractivity contribution in [3.05, 3.63) is 206 Å². The Hall–Kier alpha value is -7.42. The Morgan fingerprint density at radius 3 is 1.55 bits per heavy atom. The lowest BCUT2D eigenvalue weighted by atomic mass is 9.87. The summed E-state index contributed by atoms with van der Waals surface area (Å²) in [5.41, 5.74) is 17.4. The summed E-state index contributed by atoms with van der Waals surface area (Å²) >= 11 is 0. The number of nitrogens with zero attached hydrogens (tertiary/aromatic N) is 2. The molecular weight excluding hydrogens is 677 g/mol. The normalized spacial score (nSPS) is 11.6. The molecule has 9 aromatic carbocycles. The molecule has 0 N–H and O–H groups in total. The summed E-state index contributed by atoms with van der Waals surface area (Å²) in [6.07, 6.45) is 0. The van der Waals surface area contributed by atoms with Gasteiger partial charge in [-0.2, -0.15) is 0 Å². The van der Waals surface area contributed by atoms with Crippen LogP contribution in [-0.4, -0.2) is 9.97 Å². The van der Waals surface area contributed by atoms with E-state index in [4.69, 9.17) is 9.97 Å². The molecule has 1 heterocycles. The molecule has 0 unspecified atom stereocenters. The third-order valence-electron chi connectivity index (χ3n) is 11.3. The predicted octanol–water partition coefficient (Wildman–Crippen LogP) is 14.4. The van der Waals surface area contributed by atoms with Gasteiger partial charge in [0, 0.05) is 16.7 Å². The van der Waals surface area contributed by atoms with Gasteiger partial charge in [-0.25, -0.2) is 9.97 Å². The highest BCUT2D eigenvalue weighted by molar-refractivity contribution is 6.18. The number of hydrogen-bond donors (Lipinski definition) is 0. The van der Waals surface area contributed by atoms with Crippen molar-refractivity contribution in [3.8, 4) is 89.5 Å². The molecule has 11 rings (SSSR count). The van der Waals surface area contributed by atoms with Crippen LogP contribution >= 0.6 is 0 Å². The minimum absolute atomic E-state index is 0.715. The van der Waals surface area contributed by atoms with Gasteiger partial charge in [-0.3, -0.25) is 0 Å². The van der Waals surface area contributed by atoms with Crippen molar-refractivity contribution < 1.29 is 0 Å². The Kier molecular flexibility index (Phi) is 7.53. The fourth-order valence-electron chi connectivity index (χ4n) is 8.61. The van der Waals surface area contributed by atoms with Gasteiger partial charge in [0.05, 0.1) is 11.4 Å². The zero-order chi connectivity index (χ0) is 37.0. The average Bonchev–Trinajstić information content (AvgIpc) is 3.61. The van der Waals surface area contributed by atoms with E-state index >= 15 is 0 Å². The van der Waals surface area contributed by atoms with Gasteiger partial charge in [0.2, 0.25) is 0 Å². The van der Waals surface area contributed by atoms with Gasteiger partial charge >= 0.3 is 0 Å². The SMILES string of the molecule is c1ccc(-c2cc(-c3ccc(-c4ccc5ccccc5c4-c4cccc(-c5ccc6c7c(cccc57)-c5ccccc5-6)c4)cc3)nc(-c3ccccc3)n2)cc1. The number of benzene rings is 9. The van der Waals surface area contributed by atoms with Gasteiger partial charge in [-0.1, -0.05) is 194 Å². The second-order valence-electron chi connectivity index (χ2n) is 14.5. The van der Waals surface area contributed by atoms with E-state index < -0.39 is 0 Å². The highest BCUT2D eigenvalue weighted by Crippen LogP contribution is 2.49. The van der Waals surface area contributed by atoms with Crippen molar-refractivity contribution in [2.24, 2.45) is 0 Å². The highest BCUT2D eigenvalue weighted by Gasteiger charge is 2.22. The Morgan fingerprint density at radius 2 is 0.786 bits per heavy atom. The van der Waals surface area contributed by atoms with E-state index in [-0.39, 0.29) is 0 Å². The Bertz CT molecular complexity index is 3020. The number of fused-ring (bicyclic) bond motifs is 4. The lowest BCUT2D eigenvalue weighted by Gasteiger charge is -2.16. The Labute approximate surface area is 326 Å². The van der Waals surface area contributed by atoms with Gasteiger partial charge in [-0.15, -0.1) is 0 Å². The van der Waals surface area contributed by atoms with Crippen molar-refractivity contribution in [2.75, 3.05) is 0 Å². The van der Waals surface area contributed by atoms with Gasteiger partial charge in [0.1, 0.15) is 0 Å². The molecule has 0 atom stereocenters. The first-order chi connectivity index (χ1) is 27.8. The first kappa shape index (κ1) is 32.0. The first-order valence-corrected chi connectivity index (χ1v) is 19.2. The third-order valence-corrected chi connectivity index (χ3v) is 11.3. The van der Waals surface area contributed by atoms with Gasteiger partial charge < -0.3 is 0 Å². The molecule has 56 heavy (non-hydrogen) atoms. The summed E-state index contributed by atoms with van der Waals surface area (Å²) in [5, 5.41) is 5.09. The second kappa shape index (κ2) is 13.2. The molecule has 2 heteroatoms. The molecule has 0 saturated heterocycles. The molecule has 1 aliphatic rings. The van der Waals surface area contributed by atoms with Crippen LogP contribution in [0.25, 0.3) is 111 Å². The van der Waals surface area contributed by atoms with E-state index in [9.17, 15) is 0 Å². The Morgan fingerprint density at radius 1 is 0.268 bits per heavy atom. The maximum atomic E-state index is 5.08. The maximum absolute atomic E-state index is 5.08. The molecule has 0 amide bonds. The summed E-state index contributed by atoms with van der Waals surface area (Å²) in [4.78, 5) is 10.1. The van der Waals surface area contributed by atoms with Crippen LogP contribution in [0.5, 0.6) is 0 Å². The second-order valence-corrected chi connectivity index (χ2v) is 14.5. The van der Waals surface area contributed by atoms with Crippen LogP contribution in [0, 0.1) is 0 Å². The van der Waals surface area contributed by atoms with Crippen LogP contribution in [0.4, 0.5) is 0 Å². The van der Waals surface area contributed by atoms with Gasteiger partial charge in [0.15, 0.2) is 5.82 Å². The summed E-state index contributed by atoms with van der Waals surface area (Å²) in [6.45, 7) is 0. The van der Waals surface area contributed by atoms with Crippen molar-refractivity contribution in [1.82, 2.24) is 9.97 Å². The fraction of sp³-hybridized carbons (Fsp3) is 0. The lowest BCUT2D eigenvalue weighted by Crippen LogP contribution is -1.96. The van der Waals surface area contributed by atoms with E-state index in [0.29, 0.717) is 5.82 Å². The molecule has 1 aliphatic carbocycles. The van der Waals surface area contributed by atoms with Crippen LogP contribution in [0.1, 0.15) is 0 Å². The molecular formula is C54H34N2. The van der Waals surface area contributed by atoms with E-state index in [1.165, 1.54) is 71.6 Å². The van der Waals surface area contributed by atoms with Crippen LogP contribution in [-0.2, 0) is 0 Å². The molecule has 0 aliphatic heterocycles. The smallest absolute Gasteiger partial charge is 0.160 e. The topological polar surface area (TPSA) is 25.8 Å². The number of aromatic nitrogens is 2. The zero-order valence-electron chi connectivity index (χ0n) is 30.5. The molecule has 2 nitrogen and oxygen atoms in total. The largest absolute Gasteiger partial charge is 0.228 e. The first-order valence-electron chi connectivity index (χ1n) is 19.2. The molecule has 0 spiro atoms. The van der Waals surface area contributed by atoms with Crippen molar-refractivity contribution in [1.29, 1.82) is 0 Å². The van der Waals surface area contributed by atoms with Crippen LogP contribution in [0.15, 0.2) is 206 Å². The van der Waals surface area contributed by atoms with Crippen LogP contribution in [0.3, 0.4) is 0 Å². The monoisotopic (exact) mass is 710 g/mol. The van der Waals surface area contributed by atoms with Crippen LogP contribution < -0.4 is 0 Å². The molecule has 0 radical (unpaired) electrons. The molecule has 1 aromatic heterocycles. The lowest BCUT2D eigenvalue weighted by molar-refractivity contribution is 1.18. The van der Waals surface area contributed by atoms with Crippen LogP contribution in [0.2, 0.25) is 0 Å². The minimum atomic E-state index is 0.715. The standard InChI is InChI=1S/C54H34N2/c1-3-14-37(15-4-1)50-34-51(56-54(55-50)39-16-5-2-6-17-39)38-27-25-36(26-28-38)44-30-29-35-13-7-8-20-43(35)52(44)41-19-11-18-40(33-41)42-31-32-49-46-22-10-9-21-45(46)48-24-12-23-47(42)53(48)49/h1-34H. The quantitative estimate of drug-likeness (QED) is 0.172. The molecule has 10 aromatic rings. The predicted molar refractivity (Wildman–Crippen MR) is 234 cm³/mol. The average molecular weight is 711 g/mol. The summed E-state index contributed by atoms with van der Waals surface area (Å²) in [6, 6.07) is 74.0. The van der Waals surface area contributed by atoms with E-state index in [1.807, 2.05) is 24.3 Å².